The molecule has 1 rings (SSSR count). The molecule has 0 bridgehead atoms. The maximum absolute atomic E-state index is 11.0. The molecule has 0 aliphatic rings. The van der Waals surface area contributed by atoms with Crippen molar-refractivity contribution in [3.8, 4) is 0 Å². The van der Waals surface area contributed by atoms with E-state index in [1.165, 1.54) is 5.56 Å². The van der Waals surface area contributed by atoms with E-state index in [4.69, 9.17) is 5.11 Å². The van der Waals surface area contributed by atoms with Crippen LogP contribution in [0.15, 0.2) is 24.3 Å². The average molecular weight is 210 g/mol. The lowest BCUT2D eigenvalue weighted by atomic mass is 10.1. The van der Waals surface area contributed by atoms with Crippen molar-refractivity contribution < 1.29 is 9.90 Å². The first-order chi connectivity index (χ1) is 6.74. The zero-order chi connectivity index (χ0) is 10.4. The third-order valence-electron chi connectivity index (χ3n) is 1.86. The molecule has 0 fully saturated rings. The Bertz CT molecular complexity index is 293. The summed E-state index contributed by atoms with van der Waals surface area (Å²) >= 11 is 1.69. The molecular weight excluding hydrogens is 196 g/mol. The minimum Gasteiger partial charge on any atom is -0.396 e. The lowest BCUT2D eigenvalue weighted by Gasteiger charge is -2.01. The van der Waals surface area contributed by atoms with Crippen LogP contribution in [-0.4, -0.2) is 23.2 Å². The van der Waals surface area contributed by atoms with E-state index in [9.17, 15) is 4.79 Å². The van der Waals surface area contributed by atoms with Gasteiger partial charge in [-0.05, 0) is 12.5 Å². The van der Waals surface area contributed by atoms with Crippen LogP contribution in [-0.2, 0) is 5.75 Å². The highest BCUT2D eigenvalue weighted by atomic mass is 32.2. The van der Waals surface area contributed by atoms with Crippen molar-refractivity contribution >= 4 is 17.5 Å². The largest absolute Gasteiger partial charge is 0.396 e. The molecule has 1 aromatic carbocycles. The van der Waals surface area contributed by atoms with Gasteiger partial charge in [0.15, 0.2) is 5.78 Å². The molecule has 0 aliphatic heterocycles. The third kappa shape index (κ3) is 3.52. The molecule has 0 radical (unpaired) electrons. The molecule has 0 saturated carbocycles. The molecule has 0 saturated heterocycles. The minimum absolute atomic E-state index is 0.0968. The molecule has 0 amide bonds. The standard InChI is InChI=1S/C11H14O2S/c1-9(13)11-4-2-10(3-5-11)8-14-7-6-12/h2-5,12H,6-8H2,1H3. The van der Waals surface area contributed by atoms with Crippen LogP contribution in [0.2, 0.25) is 0 Å². The Hall–Kier alpha value is -0.800. The van der Waals surface area contributed by atoms with Crippen molar-refractivity contribution in [3.05, 3.63) is 35.4 Å². The fourth-order valence-electron chi connectivity index (χ4n) is 1.09. The van der Waals surface area contributed by atoms with Crippen LogP contribution in [0.25, 0.3) is 0 Å². The monoisotopic (exact) mass is 210 g/mol. The van der Waals surface area contributed by atoms with Crippen LogP contribution in [0.3, 0.4) is 0 Å². The second-order valence-electron chi connectivity index (χ2n) is 3.03. The van der Waals surface area contributed by atoms with E-state index in [1.807, 2.05) is 24.3 Å². The summed E-state index contributed by atoms with van der Waals surface area (Å²) in [5.41, 5.74) is 1.94. The zero-order valence-electron chi connectivity index (χ0n) is 8.19. The first-order valence-electron chi connectivity index (χ1n) is 4.52. The number of hydrogen-bond donors (Lipinski definition) is 1. The Balaban J connectivity index is 2.51. The maximum atomic E-state index is 11.0. The molecule has 76 valence electrons. The Morgan fingerprint density at radius 1 is 1.36 bits per heavy atom. The Morgan fingerprint density at radius 3 is 2.50 bits per heavy atom. The number of Topliss-reactive ketones (excluding diaryl/α,β-unsaturated/α-hetero) is 1. The number of benzene rings is 1. The zero-order valence-corrected chi connectivity index (χ0v) is 9.01. The number of aliphatic hydroxyl groups excluding tert-OH is 1. The average Bonchev–Trinajstić information content (AvgIpc) is 2.19. The van der Waals surface area contributed by atoms with Crippen molar-refractivity contribution in [2.75, 3.05) is 12.4 Å². The van der Waals surface area contributed by atoms with Crippen LogP contribution in [0.1, 0.15) is 22.8 Å². The molecular formula is C11H14O2S. The summed E-state index contributed by atoms with van der Waals surface area (Å²) in [6, 6.07) is 7.61. The lowest BCUT2D eigenvalue weighted by Crippen LogP contribution is -1.92. The number of hydrogen-bond acceptors (Lipinski definition) is 3. The van der Waals surface area contributed by atoms with Crippen molar-refractivity contribution in [2.24, 2.45) is 0 Å². The van der Waals surface area contributed by atoms with E-state index in [2.05, 4.69) is 0 Å². The van der Waals surface area contributed by atoms with Gasteiger partial charge in [-0.25, -0.2) is 0 Å². The van der Waals surface area contributed by atoms with E-state index in [-0.39, 0.29) is 12.4 Å². The number of aliphatic hydroxyl groups is 1. The van der Waals surface area contributed by atoms with Crippen molar-refractivity contribution in [1.29, 1.82) is 0 Å². The number of carbonyl (C=O) groups excluding carboxylic acids is 1. The molecule has 0 atom stereocenters. The van der Waals surface area contributed by atoms with Crippen molar-refractivity contribution in [3.63, 3.8) is 0 Å². The van der Waals surface area contributed by atoms with Gasteiger partial charge in [-0.1, -0.05) is 24.3 Å². The highest BCUT2D eigenvalue weighted by Crippen LogP contribution is 2.12. The molecule has 0 heterocycles. The predicted octanol–water partition coefficient (Wildman–Crippen LogP) is 2.11. The number of rotatable bonds is 5. The molecule has 0 aromatic heterocycles. The highest BCUT2D eigenvalue weighted by Gasteiger charge is 1.98. The van der Waals surface area contributed by atoms with Gasteiger partial charge in [0.2, 0.25) is 0 Å². The summed E-state index contributed by atoms with van der Waals surface area (Å²) in [5, 5.41) is 8.60. The molecule has 0 unspecified atom stereocenters. The number of ketones is 1. The van der Waals surface area contributed by atoms with Crippen LogP contribution in [0.4, 0.5) is 0 Å². The normalized spacial score (nSPS) is 10.1. The van der Waals surface area contributed by atoms with E-state index < -0.39 is 0 Å². The van der Waals surface area contributed by atoms with Crippen molar-refractivity contribution in [2.45, 2.75) is 12.7 Å². The molecule has 0 spiro atoms. The van der Waals surface area contributed by atoms with Gasteiger partial charge in [0.05, 0.1) is 6.61 Å². The van der Waals surface area contributed by atoms with Gasteiger partial charge in [-0.2, -0.15) is 11.8 Å². The Morgan fingerprint density at radius 2 is 2.00 bits per heavy atom. The summed E-state index contributed by atoms with van der Waals surface area (Å²) in [7, 11) is 0. The van der Waals surface area contributed by atoms with Crippen LogP contribution in [0, 0.1) is 0 Å². The van der Waals surface area contributed by atoms with Gasteiger partial charge in [0, 0.05) is 17.1 Å². The quantitative estimate of drug-likeness (QED) is 0.597. The molecule has 2 nitrogen and oxygen atoms in total. The molecule has 1 aromatic rings. The summed E-state index contributed by atoms with van der Waals surface area (Å²) < 4.78 is 0. The first-order valence-corrected chi connectivity index (χ1v) is 5.68. The Kier molecular flexibility index (Phi) is 4.70. The number of thioether (sulfide) groups is 1. The van der Waals surface area contributed by atoms with Gasteiger partial charge in [0.1, 0.15) is 0 Å². The fourth-order valence-corrected chi connectivity index (χ4v) is 1.79. The van der Waals surface area contributed by atoms with Crippen LogP contribution >= 0.6 is 11.8 Å². The third-order valence-corrected chi connectivity index (χ3v) is 2.87. The SMILES string of the molecule is CC(=O)c1ccc(CSCCO)cc1. The predicted molar refractivity (Wildman–Crippen MR) is 59.7 cm³/mol. The van der Waals surface area contributed by atoms with Crippen LogP contribution < -0.4 is 0 Å². The second-order valence-corrected chi connectivity index (χ2v) is 4.13. The van der Waals surface area contributed by atoms with E-state index in [0.717, 1.165) is 17.1 Å². The molecule has 1 N–H and O–H groups in total. The molecule has 3 heteroatoms. The van der Waals surface area contributed by atoms with Crippen molar-refractivity contribution in [1.82, 2.24) is 0 Å². The van der Waals surface area contributed by atoms with E-state index >= 15 is 0 Å². The summed E-state index contributed by atoms with van der Waals surface area (Å²) in [5.74, 6) is 1.74. The summed E-state index contributed by atoms with van der Waals surface area (Å²) in [6.07, 6.45) is 0. The smallest absolute Gasteiger partial charge is 0.159 e. The number of carbonyl (C=O) groups is 1. The van der Waals surface area contributed by atoms with Gasteiger partial charge in [0.25, 0.3) is 0 Å². The maximum Gasteiger partial charge on any atom is 0.159 e. The fraction of sp³-hybridized carbons (Fsp3) is 0.364. The topological polar surface area (TPSA) is 37.3 Å². The van der Waals surface area contributed by atoms with Gasteiger partial charge in [-0.3, -0.25) is 4.79 Å². The molecule has 0 aliphatic carbocycles. The summed E-state index contributed by atoms with van der Waals surface area (Å²) in [4.78, 5) is 11.0. The first kappa shape index (κ1) is 11.3. The molecule has 14 heavy (non-hydrogen) atoms. The van der Waals surface area contributed by atoms with Gasteiger partial charge in [-0.15, -0.1) is 0 Å². The summed E-state index contributed by atoms with van der Waals surface area (Å²) in [6.45, 7) is 1.78. The van der Waals surface area contributed by atoms with E-state index in [1.54, 1.807) is 18.7 Å². The Labute approximate surface area is 88.3 Å². The van der Waals surface area contributed by atoms with Gasteiger partial charge < -0.3 is 5.11 Å². The van der Waals surface area contributed by atoms with Crippen LogP contribution in [0.5, 0.6) is 0 Å². The van der Waals surface area contributed by atoms with Gasteiger partial charge >= 0.3 is 0 Å². The lowest BCUT2D eigenvalue weighted by molar-refractivity contribution is 0.101. The minimum atomic E-state index is 0.0968. The highest BCUT2D eigenvalue weighted by molar-refractivity contribution is 7.98. The van der Waals surface area contributed by atoms with E-state index in [0.29, 0.717) is 0 Å². The second kappa shape index (κ2) is 5.83.